The third kappa shape index (κ3) is 7.47. The zero-order chi connectivity index (χ0) is 17.7. The van der Waals surface area contributed by atoms with Gasteiger partial charge in [0.15, 0.2) is 0 Å². The predicted molar refractivity (Wildman–Crippen MR) is 96.1 cm³/mol. The van der Waals surface area contributed by atoms with Crippen molar-refractivity contribution in [2.24, 2.45) is 11.8 Å². The topological polar surface area (TPSA) is 60.7 Å². The van der Waals surface area contributed by atoms with E-state index in [1.54, 1.807) is 19.9 Å². The van der Waals surface area contributed by atoms with Gasteiger partial charge in [0, 0.05) is 0 Å². The molecular formula is C20H34O3. The van der Waals surface area contributed by atoms with Crippen molar-refractivity contribution < 1.29 is 15.3 Å². The first-order valence-corrected chi connectivity index (χ1v) is 8.70. The number of allylic oxidation sites excluding steroid dienone is 1. The van der Waals surface area contributed by atoms with Crippen molar-refractivity contribution in [1.82, 2.24) is 0 Å². The van der Waals surface area contributed by atoms with E-state index in [2.05, 4.69) is 26.5 Å². The fourth-order valence-corrected chi connectivity index (χ4v) is 2.84. The van der Waals surface area contributed by atoms with Crippen LogP contribution in [0.2, 0.25) is 0 Å². The van der Waals surface area contributed by atoms with E-state index in [9.17, 15) is 15.3 Å². The van der Waals surface area contributed by atoms with Gasteiger partial charge in [-0.05, 0) is 63.4 Å². The van der Waals surface area contributed by atoms with Crippen molar-refractivity contribution >= 4 is 0 Å². The maximum atomic E-state index is 10.5. The first kappa shape index (κ1) is 20.1. The first-order valence-electron chi connectivity index (χ1n) is 8.70. The Labute approximate surface area is 141 Å². The summed E-state index contributed by atoms with van der Waals surface area (Å²) in [6, 6.07) is 0. The second kappa shape index (κ2) is 8.27. The summed E-state index contributed by atoms with van der Waals surface area (Å²) in [6.45, 7) is 11.9. The molecule has 0 aromatic rings. The van der Waals surface area contributed by atoms with Gasteiger partial charge in [0.05, 0.1) is 17.3 Å². The highest BCUT2D eigenvalue weighted by molar-refractivity contribution is 5.10. The summed E-state index contributed by atoms with van der Waals surface area (Å²) in [6.07, 6.45) is 10.0. The highest BCUT2D eigenvalue weighted by Crippen LogP contribution is 2.27. The highest BCUT2D eigenvalue weighted by atomic mass is 16.3. The van der Waals surface area contributed by atoms with Gasteiger partial charge < -0.3 is 15.3 Å². The maximum absolute atomic E-state index is 10.5. The summed E-state index contributed by atoms with van der Waals surface area (Å²) in [5.41, 5.74) is -1.07. The van der Waals surface area contributed by atoms with Gasteiger partial charge in [0.25, 0.3) is 0 Å². The molecule has 0 saturated heterocycles. The second-order valence-corrected chi connectivity index (χ2v) is 7.84. The molecule has 0 aliphatic heterocycles. The molecule has 0 aromatic carbocycles. The molecule has 132 valence electrons. The van der Waals surface area contributed by atoms with Crippen molar-refractivity contribution in [3.8, 4) is 0 Å². The van der Waals surface area contributed by atoms with Crippen LogP contribution < -0.4 is 0 Å². The Balaban J connectivity index is 2.98. The fraction of sp³-hybridized carbons (Fsp3) is 0.700. The molecule has 0 heterocycles. The Morgan fingerprint density at radius 3 is 2.39 bits per heavy atom. The summed E-state index contributed by atoms with van der Waals surface area (Å²) in [7, 11) is 0. The number of aliphatic hydroxyl groups excluding tert-OH is 1. The van der Waals surface area contributed by atoms with Crippen LogP contribution in [0.15, 0.2) is 36.5 Å². The molecule has 23 heavy (non-hydrogen) atoms. The Hall–Kier alpha value is -0.900. The molecule has 1 aliphatic rings. The summed E-state index contributed by atoms with van der Waals surface area (Å²) in [5, 5.41) is 31.1. The van der Waals surface area contributed by atoms with Crippen LogP contribution in [-0.4, -0.2) is 32.6 Å². The van der Waals surface area contributed by atoms with Crippen molar-refractivity contribution in [3.63, 3.8) is 0 Å². The SMILES string of the molecule is C=C1CC[C@@H](C(C)C)/C=C/[C@](C)(O)C/C=C/[C@@](C)(O)CC[C@@H]1O. The normalized spacial score (nSPS) is 40.6. The van der Waals surface area contributed by atoms with Crippen LogP contribution >= 0.6 is 0 Å². The summed E-state index contributed by atoms with van der Waals surface area (Å²) in [5.74, 6) is 0.816. The molecule has 0 bridgehead atoms. The standard InChI is InChI=1S/C20H34O3/c1-15(2)17-8-7-16(3)18(21)10-14-20(5,23)12-6-11-19(4,22)13-9-17/h6,9,12-13,15,17-18,21-23H,3,7-8,10-11,14H2,1-2,4-5H3/b12-6+,13-9+/t17-,18+,19-,20-/m1/s1. The van der Waals surface area contributed by atoms with E-state index in [1.165, 1.54) is 0 Å². The minimum absolute atomic E-state index is 0.348. The van der Waals surface area contributed by atoms with Crippen molar-refractivity contribution in [2.75, 3.05) is 0 Å². The molecule has 0 aromatic heterocycles. The van der Waals surface area contributed by atoms with Gasteiger partial charge in [-0.2, -0.15) is 0 Å². The van der Waals surface area contributed by atoms with Gasteiger partial charge in [-0.15, -0.1) is 0 Å². The summed E-state index contributed by atoms with van der Waals surface area (Å²) >= 11 is 0. The van der Waals surface area contributed by atoms with E-state index in [1.807, 2.05) is 12.2 Å². The summed E-state index contributed by atoms with van der Waals surface area (Å²) < 4.78 is 0. The largest absolute Gasteiger partial charge is 0.389 e. The van der Waals surface area contributed by atoms with Gasteiger partial charge in [-0.25, -0.2) is 0 Å². The molecule has 3 N–H and O–H groups in total. The number of rotatable bonds is 1. The lowest BCUT2D eigenvalue weighted by Gasteiger charge is -2.25. The molecule has 1 aliphatic carbocycles. The van der Waals surface area contributed by atoms with E-state index in [0.29, 0.717) is 31.1 Å². The predicted octanol–water partition coefficient (Wildman–Crippen LogP) is 3.75. The zero-order valence-corrected chi connectivity index (χ0v) is 15.1. The van der Waals surface area contributed by atoms with Crippen LogP contribution in [-0.2, 0) is 0 Å². The van der Waals surface area contributed by atoms with Crippen LogP contribution in [0.3, 0.4) is 0 Å². The third-order valence-electron chi connectivity index (χ3n) is 4.76. The van der Waals surface area contributed by atoms with Gasteiger partial charge >= 0.3 is 0 Å². The van der Waals surface area contributed by atoms with Crippen LogP contribution in [0.1, 0.15) is 59.8 Å². The Morgan fingerprint density at radius 1 is 1.13 bits per heavy atom. The maximum Gasteiger partial charge on any atom is 0.0834 e. The molecule has 1 rings (SSSR count). The summed E-state index contributed by atoms with van der Waals surface area (Å²) in [4.78, 5) is 0. The Morgan fingerprint density at radius 2 is 1.78 bits per heavy atom. The molecule has 0 radical (unpaired) electrons. The molecule has 0 unspecified atom stereocenters. The lowest BCUT2D eigenvalue weighted by molar-refractivity contribution is 0.0780. The molecule has 3 heteroatoms. The lowest BCUT2D eigenvalue weighted by Crippen LogP contribution is -2.25. The number of hydrogen-bond donors (Lipinski definition) is 3. The molecule has 0 fully saturated rings. The second-order valence-electron chi connectivity index (χ2n) is 7.84. The van der Waals surface area contributed by atoms with E-state index >= 15 is 0 Å². The monoisotopic (exact) mass is 322 g/mol. The molecule has 0 spiro atoms. The third-order valence-corrected chi connectivity index (χ3v) is 4.76. The van der Waals surface area contributed by atoms with E-state index in [-0.39, 0.29) is 0 Å². The number of aliphatic hydroxyl groups is 3. The Bertz CT molecular complexity index is 444. The van der Waals surface area contributed by atoms with E-state index < -0.39 is 17.3 Å². The quantitative estimate of drug-likeness (QED) is 0.644. The molecular weight excluding hydrogens is 288 g/mol. The average molecular weight is 322 g/mol. The first-order chi connectivity index (χ1) is 10.5. The molecule has 4 atom stereocenters. The zero-order valence-electron chi connectivity index (χ0n) is 15.1. The fourth-order valence-electron chi connectivity index (χ4n) is 2.84. The van der Waals surface area contributed by atoms with E-state index in [0.717, 1.165) is 18.4 Å². The smallest absolute Gasteiger partial charge is 0.0834 e. The van der Waals surface area contributed by atoms with Gasteiger partial charge in [-0.1, -0.05) is 44.7 Å². The van der Waals surface area contributed by atoms with Crippen molar-refractivity contribution in [3.05, 3.63) is 36.5 Å². The van der Waals surface area contributed by atoms with Crippen LogP contribution in [0.5, 0.6) is 0 Å². The molecule has 3 nitrogen and oxygen atoms in total. The average Bonchev–Trinajstić information content (AvgIpc) is 2.42. The number of hydrogen-bond acceptors (Lipinski definition) is 3. The van der Waals surface area contributed by atoms with Crippen LogP contribution in [0.25, 0.3) is 0 Å². The lowest BCUT2D eigenvalue weighted by atomic mass is 9.85. The van der Waals surface area contributed by atoms with Crippen LogP contribution in [0.4, 0.5) is 0 Å². The minimum Gasteiger partial charge on any atom is -0.389 e. The van der Waals surface area contributed by atoms with Crippen molar-refractivity contribution in [2.45, 2.75) is 77.1 Å². The van der Waals surface area contributed by atoms with E-state index in [4.69, 9.17) is 0 Å². The van der Waals surface area contributed by atoms with Gasteiger partial charge in [0.2, 0.25) is 0 Å². The van der Waals surface area contributed by atoms with Crippen LogP contribution in [0, 0.1) is 11.8 Å². The highest BCUT2D eigenvalue weighted by Gasteiger charge is 2.22. The van der Waals surface area contributed by atoms with Gasteiger partial charge in [-0.3, -0.25) is 0 Å². The molecule has 0 saturated carbocycles. The van der Waals surface area contributed by atoms with Gasteiger partial charge in [0.1, 0.15) is 0 Å². The molecule has 0 amide bonds. The minimum atomic E-state index is -0.981. The Kier molecular flexibility index (Phi) is 7.25. The van der Waals surface area contributed by atoms with Crippen molar-refractivity contribution in [1.29, 1.82) is 0 Å².